The van der Waals surface area contributed by atoms with Gasteiger partial charge in [-0.1, -0.05) is 12.2 Å². The molecule has 1 saturated carbocycles. The molecule has 1 heterocycles. The molecule has 2 aliphatic carbocycles. The van der Waals surface area contributed by atoms with Crippen molar-refractivity contribution in [2.45, 2.75) is 6.42 Å². The third-order valence-electron chi connectivity index (χ3n) is 6.44. The Kier molecular flexibility index (Phi) is 5.59. The molecule has 2 aromatic carbocycles. The fourth-order valence-electron chi connectivity index (χ4n) is 4.88. The molecule has 2 fully saturated rings. The number of rotatable bonds is 7. The lowest BCUT2D eigenvalue weighted by Crippen LogP contribution is -2.28. The lowest BCUT2D eigenvalue weighted by Gasteiger charge is -2.13. The Balaban J connectivity index is 1.25. The van der Waals surface area contributed by atoms with Crippen LogP contribution in [0.5, 0.6) is 5.75 Å². The Morgan fingerprint density at radius 3 is 2.43 bits per heavy atom. The fourth-order valence-corrected chi connectivity index (χ4v) is 4.88. The van der Waals surface area contributed by atoms with Crippen molar-refractivity contribution >= 4 is 35.3 Å². The monoisotopic (exact) mass is 478 g/mol. The summed E-state index contributed by atoms with van der Waals surface area (Å²) in [4.78, 5) is 48.3. The predicted molar refractivity (Wildman–Crippen MR) is 121 cm³/mol. The van der Waals surface area contributed by atoms with Crippen molar-refractivity contribution in [2.24, 2.45) is 28.8 Å². The highest BCUT2D eigenvalue weighted by atomic mass is 19.1. The minimum atomic E-state index is -0.676. The van der Waals surface area contributed by atoms with Gasteiger partial charge in [0.05, 0.1) is 23.0 Å². The Labute approximate surface area is 198 Å². The van der Waals surface area contributed by atoms with E-state index in [1.54, 1.807) is 0 Å². The smallest absolute Gasteiger partial charge is 0.311 e. The van der Waals surface area contributed by atoms with Gasteiger partial charge in [-0.2, -0.15) is 10.1 Å². The molecular formula is C24H19FN4O6. The molecule has 0 spiro atoms. The standard InChI is InChI=1S/C24H19FN4O6/c25-16-4-6-17(7-5-16)27-20(30)12-35-19-8-1-13(9-18(19)29(33)34)11-26-28-23(31)21-14-2-3-15(10-14)22(21)24(28)32/h1-9,11,14-15,21-22H,10,12H2,(H,27,30)/t14-,15-,21-,22+/m0/s1. The molecule has 1 saturated heterocycles. The molecule has 1 aliphatic heterocycles. The highest BCUT2D eigenvalue weighted by molar-refractivity contribution is 6.06. The number of nitro groups is 1. The number of benzene rings is 2. The fraction of sp³-hybridized carbons (Fsp3) is 0.250. The van der Waals surface area contributed by atoms with E-state index < -0.39 is 28.9 Å². The molecule has 2 aromatic rings. The summed E-state index contributed by atoms with van der Waals surface area (Å²) < 4.78 is 18.3. The summed E-state index contributed by atoms with van der Waals surface area (Å²) in [5, 5.41) is 18.9. The highest BCUT2D eigenvalue weighted by Gasteiger charge is 2.59. The van der Waals surface area contributed by atoms with E-state index in [9.17, 15) is 28.9 Å². The number of imide groups is 1. The van der Waals surface area contributed by atoms with Crippen LogP contribution in [0.3, 0.4) is 0 Å². The van der Waals surface area contributed by atoms with Gasteiger partial charge in [-0.3, -0.25) is 24.5 Å². The average molecular weight is 478 g/mol. The lowest BCUT2D eigenvalue weighted by atomic mass is 9.85. The van der Waals surface area contributed by atoms with Crippen molar-refractivity contribution in [3.05, 3.63) is 76.1 Å². The van der Waals surface area contributed by atoms with Crippen LogP contribution in [-0.4, -0.2) is 40.5 Å². The van der Waals surface area contributed by atoms with Gasteiger partial charge in [0.15, 0.2) is 12.4 Å². The van der Waals surface area contributed by atoms with Crippen LogP contribution >= 0.6 is 0 Å². The van der Waals surface area contributed by atoms with Gasteiger partial charge in [0.25, 0.3) is 17.7 Å². The largest absolute Gasteiger partial charge is 0.477 e. The van der Waals surface area contributed by atoms with Gasteiger partial charge in [0, 0.05) is 17.3 Å². The van der Waals surface area contributed by atoms with Gasteiger partial charge >= 0.3 is 5.69 Å². The number of amides is 3. The zero-order chi connectivity index (χ0) is 24.7. The first-order valence-electron chi connectivity index (χ1n) is 10.9. The van der Waals surface area contributed by atoms with Gasteiger partial charge in [-0.15, -0.1) is 0 Å². The van der Waals surface area contributed by atoms with Crippen molar-refractivity contribution in [2.75, 3.05) is 11.9 Å². The van der Waals surface area contributed by atoms with Crippen LogP contribution in [0.15, 0.2) is 59.7 Å². The predicted octanol–water partition coefficient (Wildman–Crippen LogP) is 2.89. The summed E-state index contributed by atoms with van der Waals surface area (Å²) in [5.74, 6) is -2.56. The molecule has 35 heavy (non-hydrogen) atoms. The number of nitro benzene ring substituents is 1. The molecule has 11 heteroatoms. The molecule has 3 aliphatic rings. The number of fused-ring (bicyclic) bond motifs is 5. The van der Waals surface area contributed by atoms with E-state index in [1.165, 1.54) is 48.7 Å². The summed E-state index contributed by atoms with van der Waals surface area (Å²) in [5.41, 5.74) is 0.209. The average Bonchev–Trinajstić information content (AvgIpc) is 3.52. The summed E-state index contributed by atoms with van der Waals surface area (Å²) in [6.45, 7) is -0.512. The maximum Gasteiger partial charge on any atom is 0.311 e. The number of anilines is 1. The van der Waals surface area contributed by atoms with Crippen LogP contribution in [0.25, 0.3) is 0 Å². The molecule has 3 amide bonds. The number of hydrogen-bond acceptors (Lipinski definition) is 7. The number of ether oxygens (including phenoxy) is 1. The van der Waals surface area contributed by atoms with Crippen LogP contribution in [0, 0.1) is 39.6 Å². The Bertz CT molecular complexity index is 1260. The van der Waals surface area contributed by atoms with Gasteiger partial charge < -0.3 is 10.1 Å². The number of halogens is 1. The Morgan fingerprint density at radius 2 is 1.80 bits per heavy atom. The highest BCUT2D eigenvalue weighted by Crippen LogP contribution is 2.52. The molecule has 0 radical (unpaired) electrons. The maximum absolute atomic E-state index is 13.0. The van der Waals surface area contributed by atoms with E-state index >= 15 is 0 Å². The van der Waals surface area contributed by atoms with Gasteiger partial charge in [0.2, 0.25) is 0 Å². The number of allylic oxidation sites excluding steroid dienone is 2. The number of nitrogens with one attached hydrogen (secondary N) is 1. The van der Waals surface area contributed by atoms with Crippen molar-refractivity contribution in [1.82, 2.24) is 5.01 Å². The third-order valence-corrected chi connectivity index (χ3v) is 6.44. The molecule has 1 N–H and O–H groups in total. The third kappa shape index (κ3) is 4.16. The molecule has 10 nitrogen and oxygen atoms in total. The summed E-state index contributed by atoms with van der Waals surface area (Å²) >= 11 is 0. The number of nitrogens with zero attached hydrogens (tertiary/aromatic N) is 3. The molecule has 5 rings (SSSR count). The first-order valence-corrected chi connectivity index (χ1v) is 10.9. The van der Waals surface area contributed by atoms with Crippen molar-refractivity contribution in [3.63, 3.8) is 0 Å². The Hall–Kier alpha value is -4.41. The maximum atomic E-state index is 13.0. The van der Waals surface area contributed by atoms with E-state index in [-0.39, 0.29) is 46.8 Å². The van der Waals surface area contributed by atoms with Crippen LogP contribution in [-0.2, 0) is 14.4 Å². The van der Waals surface area contributed by atoms with E-state index in [2.05, 4.69) is 10.4 Å². The van der Waals surface area contributed by atoms with Crippen molar-refractivity contribution in [1.29, 1.82) is 0 Å². The number of hydrazone groups is 1. The second-order valence-corrected chi connectivity index (χ2v) is 8.56. The molecule has 178 valence electrons. The SMILES string of the molecule is O=C(COc1ccc(C=NN2C(=O)[C@@H]3[C@H](C2=O)[C@H]2C=C[C@H]3C2)cc1[N+](=O)[O-])Nc1ccc(F)cc1. The second kappa shape index (κ2) is 8.75. The molecule has 0 aromatic heterocycles. The Morgan fingerprint density at radius 1 is 1.14 bits per heavy atom. The quantitative estimate of drug-likeness (QED) is 0.214. The molecular weight excluding hydrogens is 459 g/mol. The van der Waals surface area contributed by atoms with Crippen LogP contribution in [0.2, 0.25) is 0 Å². The normalized spacial score (nSPS) is 24.3. The first kappa shape index (κ1) is 22.4. The van der Waals surface area contributed by atoms with Gasteiger partial charge in [-0.25, -0.2) is 4.39 Å². The minimum absolute atomic E-state index is 0.0550. The topological polar surface area (TPSA) is 131 Å². The molecule has 4 atom stereocenters. The first-order chi connectivity index (χ1) is 16.8. The summed E-state index contributed by atoms with van der Waals surface area (Å²) in [6.07, 6.45) is 5.97. The van der Waals surface area contributed by atoms with Crippen molar-refractivity contribution in [3.8, 4) is 5.75 Å². The van der Waals surface area contributed by atoms with E-state index in [0.29, 0.717) is 5.69 Å². The number of carbonyl (C=O) groups is 3. The van der Waals surface area contributed by atoms with E-state index in [4.69, 9.17) is 4.74 Å². The molecule has 2 bridgehead atoms. The van der Waals surface area contributed by atoms with Crippen LogP contribution in [0.4, 0.5) is 15.8 Å². The molecule has 0 unspecified atom stereocenters. The van der Waals surface area contributed by atoms with E-state index in [0.717, 1.165) is 11.4 Å². The summed E-state index contributed by atoms with van der Waals surface area (Å²) in [6, 6.07) is 9.03. The van der Waals surface area contributed by atoms with Gasteiger partial charge in [0.1, 0.15) is 5.82 Å². The minimum Gasteiger partial charge on any atom is -0.477 e. The number of hydrogen-bond donors (Lipinski definition) is 1. The van der Waals surface area contributed by atoms with Gasteiger partial charge in [-0.05, 0) is 54.7 Å². The second-order valence-electron chi connectivity index (χ2n) is 8.56. The zero-order valence-electron chi connectivity index (χ0n) is 18.2. The van der Waals surface area contributed by atoms with Crippen LogP contribution in [0.1, 0.15) is 12.0 Å². The summed E-state index contributed by atoms with van der Waals surface area (Å²) in [7, 11) is 0. The lowest BCUT2D eigenvalue weighted by molar-refractivity contribution is -0.385. The number of carbonyl (C=O) groups excluding carboxylic acids is 3. The zero-order valence-corrected chi connectivity index (χ0v) is 18.2. The van der Waals surface area contributed by atoms with Crippen molar-refractivity contribution < 1.29 is 28.4 Å². The van der Waals surface area contributed by atoms with Crippen LogP contribution < -0.4 is 10.1 Å². The van der Waals surface area contributed by atoms with E-state index in [1.807, 2.05) is 12.2 Å².